The molecule has 2 fully saturated rings. The Morgan fingerprint density at radius 1 is 1.42 bits per heavy atom. The van der Waals surface area contributed by atoms with Crippen LogP contribution < -0.4 is 16.0 Å². The van der Waals surface area contributed by atoms with Gasteiger partial charge in [-0.25, -0.2) is 4.79 Å². The minimum absolute atomic E-state index is 0. The van der Waals surface area contributed by atoms with E-state index in [1.54, 1.807) is 23.1 Å². The lowest BCUT2D eigenvalue weighted by Gasteiger charge is -2.23. The number of nitrogens with one attached hydrogen (secondary N) is 1. The zero-order valence-electron chi connectivity index (χ0n) is 13.5. The Kier molecular flexibility index (Phi) is 5.63. The van der Waals surface area contributed by atoms with Crippen molar-refractivity contribution in [1.82, 2.24) is 10.2 Å². The van der Waals surface area contributed by atoms with E-state index in [1.807, 2.05) is 4.90 Å². The van der Waals surface area contributed by atoms with E-state index < -0.39 is 0 Å². The second-order valence-corrected chi connectivity index (χ2v) is 6.95. The summed E-state index contributed by atoms with van der Waals surface area (Å²) in [4.78, 5) is 28.0. The number of nitrogens with zero attached hydrogens (tertiary/aromatic N) is 2. The number of hydrogen-bond donors (Lipinski definition) is 2. The summed E-state index contributed by atoms with van der Waals surface area (Å²) in [6.45, 7) is 5.15. The van der Waals surface area contributed by atoms with Gasteiger partial charge in [0, 0.05) is 31.7 Å². The molecule has 0 radical (unpaired) electrons. The van der Waals surface area contributed by atoms with E-state index in [-0.39, 0.29) is 29.8 Å². The molecule has 0 aromatic heterocycles. The Bertz CT molecular complexity index is 655. The van der Waals surface area contributed by atoms with Crippen molar-refractivity contribution in [2.45, 2.75) is 13.3 Å². The molecule has 8 heteroatoms. The number of benzene rings is 1. The van der Waals surface area contributed by atoms with Gasteiger partial charge < -0.3 is 16.0 Å². The number of anilines is 1. The summed E-state index contributed by atoms with van der Waals surface area (Å²) < 4.78 is 0. The minimum Gasteiger partial charge on any atom is -0.338 e. The molecule has 2 heterocycles. The van der Waals surface area contributed by atoms with Crippen molar-refractivity contribution in [2.75, 3.05) is 37.6 Å². The highest BCUT2D eigenvalue weighted by Gasteiger charge is 2.35. The van der Waals surface area contributed by atoms with Gasteiger partial charge in [-0.15, -0.1) is 12.4 Å². The Morgan fingerprint density at radius 2 is 2.17 bits per heavy atom. The number of hydrogen-bond acceptors (Lipinski definition) is 3. The molecule has 2 aliphatic rings. The first-order valence-electron chi connectivity index (χ1n) is 7.78. The van der Waals surface area contributed by atoms with Crippen molar-refractivity contribution < 1.29 is 9.59 Å². The van der Waals surface area contributed by atoms with Gasteiger partial charge in [0.1, 0.15) is 0 Å². The number of nitrogens with two attached hydrogens (primary N) is 1. The molecule has 6 nitrogen and oxygen atoms in total. The summed E-state index contributed by atoms with van der Waals surface area (Å²) in [6.07, 6.45) is 0.907. The summed E-state index contributed by atoms with van der Waals surface area (Å²) in [5.74, 6) is -0.0419. The fraction of sp³-hybridized carbons (Fsp3) is 0.500. The van der Waals surface area contributed by atoms with Gasteiger partial charge in [0.2, 0.25) is 0 Å². The Labute approximate surface area is 152 Å². The standard InChI is InChI=1S/C16H21ClN4O2.ClH/c1-16(9-18)4-6-20(10-16)14(22)11-2-3-12(17)13(8-11)21-7-5-19-15(21)23;/h2-3,8H,4-7,9-10,18H2,1H3,(H,19,23);1H. The average molecular weight is 373 g/mol. The Hall–Kier alpha value is -1.50. The first-order chi connectivity index (χ1) is 10.9. The molecule has 0 saturated carbocycles. The minimum atomic E-state index is -0.187. The van der Waals surface area contributed by atoms with E-state index in [9.17, 15) is 9.59 Å². The number of amides is 3. The van der Waals surface area contributed by atoms with E-state index in [1.165, 1.54) is 0 Å². The fourth-order valence-corrected chi connectivity index (χ4v) is 3.32. The summed E-state index contributed by atoms with van der Waals surface area (Å²) in [7, 11) is 0. The quantitative estimate of drug-likeness (QED) is 0.852. The normalized spacial score (nSPS) is 23.2. The van der Waals surface area contributed by atoms with Gasteiger partial charge in [0.15, 0.2) is 0 Å². The van der Waals surface area contributed by atoms with Crippen molar-refractivity contribution in [3.63, 3.8) is 0 Å². The first kappa shape index (κ1) is 18.8. The molecule has 2 aliphatic heterocycles. The van der Waals surface area contributed by atoms with Gasteiger partial charge in [-0.1, -0.05) is 18.5 Å². The van der Waals surface area contributed by atoms with E-state index in [0.717, 1.165) is 6.42 Å². The Balaban J connectivity index is 0.00000208. The maximum absolute atomic E-state index is 12.7. The number of urea groups is 1. The topological polar surface area (TPSA) is 78.7 Å². The average Bonchev–Trinajstić information content (AvgIpc) is 3.14. The lowest BCUT2D eigenvalue weighted by molar-refractivity contribution is 0.0777. The highest BCUT2D eigenvalue weighted by atomic mass is 35.5. The van der Waals surface area contributed by atoms with E-state index in [2.05, 4.69) is 12.2 Å². The van der Waals surface area contributed by atoms with Crippen LogP contribution >= 0.6 is 24.0 Å². The molecule has 3 amide bonds. The fourth-order valence-electron chi connectivity index (χ4n) is 3.10. The smallest absolute Gasteiger partial charge is 0.322 e. The number of carbonyl (C=O) groups excluding carboxylic acids is 2. The maximum atomic E-state index is 12.7. The van der Waals surface area contributed by atoms with Crippen LogP contribution in [0.2, 0.25) is 5.02 Å². The first-order valence-corrected chi connectivity index (χ1v) is 8.16. The molecular formula is C16H22Cl2N4O2. The second-order valence-electron chi connectivity index (χ2n) is 6.54. The van der Waals surface area contributed by atoms with Crippen LogP contribution in [0, 0.1) is 5.41 Å². The van der Waals surface area contributed by atoms with Crippen molar-refractivity contribution in [1.29, 1.82) is 0 Å². The van der Waals surface area contributed by atoms with Crippen molar-refractivity contribution >= 4 is 41.6 Å². The summed E-state index contributed by atoms with van der Waals surface area (Å²) in [5.41, 5.74) is 6.91. The van der Waals surface area contributed by atoms with Gasteiger partial charge in [0.25, 0.3) is 5.91 Å². The number of likely N-dealkylation sites (tertiary alicyclic amines) is 1. The molecule has 0 bridgehead atoms. The highest BCUT2D eigenvalue weighted by molar-refractivity contribution is 6.34. The van der Waals surface area contributed by atoms with Gasteiger partial charge in [-0.3, -0.25) is 9.69 Å². The van der Waals surface area contributed by atoms with Crippen molar-refractivity contribution in [2.24, 2.45) is 11.1 Å². The summed E-state index contributed by atoms with van der Waals surface area (Å²) in [6, 6.07) is 4.90. The molecule has 3 N–H and O–H groups in total. The molecule has 24 heavy (non-hydrogen) atoms. The van der Waals surface area contributed by atoms with Crippen LogP contribution in [0.3, 0.4) is 0 Å². The van der Waals surface area contributed by atoms with E-state index in [4.69, 9.17) is 17.3 Å². The molecule has 0 aliphatic carbocycles. The van der Waals surface area contributed by atoms with Crippen LogP contribution in [0.5, 0.6) is 0 Å². The zero-order chi connectivity index (χ0) is 16.6. The van der Waals surface area contributed by atoms with Crippen LogP contribution in [-0.4, -0.2) is 49.6 Å². The monoisotopic (exact) mass is 372 g/mol. The molecule has 1 aromatic carbocycles. The van der Waals surface area contributed by atoms with Gasteiger partial charge in [-0.05, 0) is 36.6 Å². The third-order valence-electron chi connectivity index (χ3n) is 4.68. The van der Waals surface area contributed by atoms with Gasteiger partial charge in [-0.2, -0.15) is 0 Å². The third kappa shape index (κ3) is 3.45. The number of rotatable bonds is 3. The predicted molar refractivity (Wildman–Crippen MR) is 97.1 cm³/mol. The SMILES string of the molecule is CC1(CN)CCN(C(=O)c2ccc(Cl)c(N3CCNC3=O)c2)C1.Cl. The lowest BCUT2D eigenvalue weighted by atomic mass is 9.90. The van der Waals surface area contributed by atoms with Crippen molar-refractivity contribution in [3.05, 3.63) is 28.8 Å². The number of halogens is 2. The van der Waals surface area contributed by atoms with Gasteiger partial charge >= 0.3 is 6.03 Å². The highest BCUT2D eigenvalue weighted by Crippen LogP contribution is 2.32. The zero-order valence-corrected chi connectivity index (χ0v) is 15.1. The molecule has 132 valence electrons. The molecule has 1 aromatic rings. The van der Waals surface area contributed by atoms with Crippen LogP contribution in [0.1, 0.15) is 23.7 Å². The Morgan fingerprint density at radius 3 is 2.75 bits per heavy atom. The third-order valence-corrected chi connectivity index (χ3v) is 5.00. The maximum Gasteiger partial charge on any atom is 0.322 e. The summed E-state index contributed by atoms with van der Waals surface area (Å²) >= 11 is 6.21. The van der Waals surface area contributed by atoms with Crippen LogP contribution in [0.25, 0.3) is 0 Å². The molecule has 3 rings (SSSR count). The molecular weight excluding hydrogens is 351 g/mol. The van der Waals surface area contributed by atoms with Crippen LogP contribution in [0.15, 0.2) is 18.2 Å². The number of carbonyl (C=O) groups is 2. The van der Waals surface area contributed by atoms with Crippen LogP contribution in [0.4, 0.5) is 10.5 Å². The largest absolute Gasteiger partial charge is 0.338 e. The summed E-state index contributed by atoms with van der Waals surface area (Å²) in [5, 5.41) is 3.20. The van der Waals surface area contributed by atoms with Crippen molar-refractivity contribution in [3.8, 4) is 0 Å². The molecule has 1 unspecified atom stereocenters. The lowest BCUT2D eigenvalue weighted by Crippen LogP contribution is -2.34. The molecule has 1 atom stereocenters. The predicted octanol–water partition coefficient (Wildman–Crippen LogP) is 2.10. The second kappa shape index (κ2) is 7.17. The molecule has 2 saturated heterocycles. The molecule has 0 spiro atoms. The van der Waals surface area contributed by atoms with E-state index >= 15 is 0 Å². The van der Waals surface area contributed by atoms with Crippen LogP contribution in [-0.2, 0) is 0 Å². The van der Waals surface area contributed by atoms with E-state index in [0.29, 0.717) is 49.0 Å². The van der Waals surface area contributed by atoms with Gasteiger partial charge in [0.05, 0.1) is 10.7 Å².